The standard InChI is InChI=1S/C9H11F4NO3/c10-6(5-2-1-3-14-4-5)7(15)17-8(16)9(11,12)13/h7,14-15H,1-4H2/b6-5-. The first-order valence-electron chi connectivity index (χ1n) is 4.86. The fourth-order valence-electron chi connectivity index (χ4n) is 1.35. The molecule has 1 atom stereocenters. The maximum Gasteiger partial charge on any atom is 0.491 e. The van der Waals surface area contributed by atoms with Crippen molar-refractivity contribution in [1.82, 2.24) is 5.32 Å². The summed E-state index contributed by atoms with van der Waals surface area (Å²) >= 11 is 0. The Balaban J connectivity index is 2.63. The van der Waals surface area contributed by atoms with Crippen LogP contribution in [0.5, 0.6) is 0 Å². The third kappa shape index (κ3) is 3.97. The Hall–Kier alpha value is -1.15. The number of halogens is 4. The monoisotopic (exact) mass is 257 g/mol. The topological polar surface area (TPSA) is 58.6 Å². The van der Waals surface area contributed by atoms with Crippen LogP contribution in [0.25, 0.3) is 0 Å². The molecule has 4 nitrogen and oxygen atoms in total. The summed E-state index contributed by atoms with van der Waals surface area (Å²) in [5.74, 6) is -3.86. The minimum atomic E-state index is -5.25. The number of carbonyl (C=O) groups is 1. The molecule has 0 saturated carbocycles. The molecule has 1 aliphatic rings. The Kier molecular flexibility index (Phi) is 4.47. The zero-order chi connectivity index (χ0) is 13.1. The van der Waals surface area contributed by atoms with Crippen molar-refractivity contribution in [2.75, 3.05) is 13.1 Å². The summed E-state index contributed by atoms with van der Waals surface area (Å²) in [6.07, 6.45) is -6.85. The molecule has 0 radical (unpaired) electrons. The molecule has 0 aromatic heterocycles. The molecule has 0 aliphatic carbocycles. The first kappa shape index (κ1) is 13.9. The molecular formula is C9H11F4NO3. The van der Waals surface area contributed by atoms with Gasteiger partial charge in [0.15, 0.2) is 5.83 Å². The van der Waals surface area contributed by atoms with Gasteiger partial charge in [-0.2, -0.15) is 13.2 Å². The highest BCUT2D eigenvalue weighted by Crippen LogP contribution is 2.22. The van der Waals surface area contributed by atoms with E-state index in [1.807, 2.05) is 0 Å². The average Bonchev–Trinajstić information content (AvgIpc) is 2.27. The normalized spacial score (nSPS) is 21.9. The summed E-state index contributed by atoms with van der Waals surface area (Å²) in [7, 11) is 0. The van der Waals surface area contributed by atoms with Crippen LogP contribution >= 0.6 is 0 Å². The van der Waals surface area contributed by atoms with Crippen LogP contribution in [0.1, 0.15) is 12.8 Å². The lowest BCUT2D eigenvalue weighted by molar-refractivity contribution is -0.216. The molecule has 1 aliphatic heterocycles. The zero-order valence-electron chi connectivity index (χ0n) is 8.68. The Labute approximate surface area is 94.2 Å². The van der Waals surface area contributed by atoms with Gasteiger partial charge in [0.1, 0.15) is 0 Å². The molecule has 98 valence electrons. The number of rotatable bonds is 2. The van der Waals surface area contributed by atoms with E-state index >= 15 is 0 Å². The lowest BCUT2D eigenvalue weighted by Crippen LogP contribution is -2.32. The second kappa shape index (κ2) is 5.46. The highest BCUT2D eigenvalue weighted by atomic mass is 19.4. The molecule has 0 amide bonds. The van der Waals surface area contributed by atoms with E-state index < -0.39 is 24.3 Å². The predicted octanol–water partition coefficient (Wildman–Crippen LogP) is 1.02. The van der Waals surface area contributed by atoms with Gasteiger partial charge >= 0.3 is 12.1 Å². The number of aliphatic hydroxyl groups is 1. The van der Waals surface area contributed by atoms with Crippen molar-refractivity contribution in [1.29, 1.82) is 0 Å². The minimum absolute atomic E-state index is 0.110. The molecule has 1 fully saturated rings. The van der Waals surface area contributed by atoms with Crippen molar-refractivity contribution in [3.05, 3.63) is 11.4 Å². The number of alkyl halides is 3. The SMILES string of the molecule is O=C(OC(O)/C(F)=C1\CCCNC1)C(F)(F)F. The summed E-state index contributed by atoms with van der Waals surface area (Å²) < 4.78 is 52.3. The molecule has 1 saturated heterocycles. The summed E-state index contributed by atoms with van der Waals surface area (Å²) in [5, 5.41) is 11.8. The largest absolute Gasteiger partial charge is 0.491 e. The maximum atomic E-state index is 13.4. The summed E-state index contributed by atoms with van der Waals surface area (Å²) in [4.78, 5) is 10.4. The molecule has 0 bridgehead atoms. The highest BCUT2D eigenvalue weighted by Gasteiger charge is 2.42. The third-order valence-corrected chi connectivity index (χ3v) is 2.18. The predicted molar refractivity (Wildman–Crippen MR) is 48.4 cm³/mol. The van der Waals surface area contributed by atoms with Crippen LogP contribution in [-0.4, -0.2) is 36.6 Å². The van der Waals surface area contributed by atoms with Gasteiger partial charge in [0, 0.05) is 6.54 Å². The molecule has 1 rings (SSSR count). The van der Waals surface area contributed by atoms with E-state index in [9.17, 15) is 22.4 Å². The van der Waals surface area contributed by atoms with E-state index in [0.29, 0.717) is 19.4 Å². The van der Waals surface area contributed by atoms with E-state index in [2.05, 4.69) is 10.1 Å². The minimum Gasteiger partial charge on any atom is -0.422 e. The molecule has 1 heterocycles. The van der Waals surface area contributed by atoms with Crippen molar-refractivity contribution in [3.8, 4) is 0 Å². The van der Waals surface area contributed by atoms with Gasteiger partial charge in [0.05, 0.1) is 0 Å². The van der Waals surface area contributed by atoms with Gasteiger partial charge in [-0.3, -0.25) is 0 Å². The average molecular weight is 257 g/mol. The van der Waals surface area contributed by atoms with Gasteiger partial charge in [-0.25, -0.2) is 9.18 Å². The molecule has 1 unspecified atom stereocenters. The molecular weight excluding hydrogens is 246 g/mol. The van der Waals surface area contributed by atoms with Crippen molar-refractivity contribution in [3.63, 3.8) is 0 Å². The van der Waals surface area contributed by atoms with Crippen LogP contribution in [0.4, 0.5) is 17.6 Å². The van der Waals surface area contributed by atoms with E-state index in [0.717, 1.165) is 0 Å². The third-order valence-electron chi connectivity index (χ3n) is 2.18. The highest BCUT2D eigenvalue weighted by molar-refractivity contribution is 5.75. The fraction of sp³-hybridized carbons (Fsp3) is 0.667. The fourth-order valence-corrected chi connectivity index (χ4v) is 1.35. The summed E-state index contributed by atoms with van der Waals surface area (Å²) in [6.45, 7) is 0.779. The van der Waals surface area contributed by atoms with E-state index in [1.165, 1.54) is 0 Å². The number of aliphatic hydroxyl groups excluding tert-OH is 1. The van der Waals surface area contributed by atoms with Gasteiger partial charge in [-0.05, 0) is 25.0 Å². The Morgan fingerprint density at radius 1 is 1.47 bits per heavy atom. The van der Waals surface area contributed by atoms with Gasteiger partial charge in [0.2, 0.25) is 0 Å². The number of piperidine rings is 1. The number of nitrogens with one attached hydrogen (secondary N) is 1. The van der Waals surface area contributed by atoms with E-state index in [1.54, 1.807) is 0 Å². The Bertz CT molecular complexity index is 319. The van der Waals surface area contributed by atoms with Crippen LogP contribution in [0.2, 0.25) is 0 Å². The van der Waals surface area contributed by atoms with Crippen molar-refractivity contribution < 1.29 is 32.2 Å². The number of carbonyl (C=O) groups excluding carboxylic acids is 1. The van der Waals surface area contributed by atoms with Crippen LogP contribution in [0.3, 0.4) is 0 Å². The number of hydrogen-bond acceptors (Lipinski definition) is 4. The Morgan fingerprint density at radius 2 is 2.12 bits per heavy atom. The van der Waals surface area contributed by atoms with E-state index in [-0.39, 0.29) is 12.1 Å². The molecule has 0 aromatic carbocycles. The second-order valence-electron chi connectivity index (χ2n) is 3.49. The molecule has 0 spiro atoms. The van der Waals surface area contributed by atoms with Crippen LogP contribution in [0.15, 0.2) is 11.4 Å². The molecule has 17 heavy (non-hydrogen) atoms. The van der Waals surface area contributed by atoms with Gasteiger partial charge in [0.25, 0.3) is 6.29 Å². The first-order chi connectivity index (χ1) is 7.82. The quantitative estimate of drug-likeness (QED) is 0.440. The van der Waals surface area contributed by atoms with Gasteiger partial charge in [-0.1, -0.05) is 0 Å². The van der Waals surface area contributed by atoms with Crippen molar-refractivity contribution >= 4 is 5.97 Å². The zero-order valence-corrected chi connectivity index (χ0v) is 8.68. The number of ether oxygens (including phenoxy) is 1. The van der Waals surface area contributed by atoms with Crippen molar-refractivity contribution in [2.45, 2.75) is 25.3 Å². The van der Waals surface area contributed by atoms with Crippen LogP contribution < -0.4 is 5.32 Å². The van der Waals surface area contributed by atoms with Gasteiger partial charge < -0.3 is 15.2 Å². The van der Waals surface area contributed by atoms with Crippen LogP contribution in [-0.2, 0) is 9.53 Å². The lowest BCUT2D eigenvalue weighted by Gasteiger charge is -2.19. The molecule has 2 N–H and O–H groups in total. The smallest absolute Gasteiger partial charge is 0.422 e. The molecule has 0 aromatic rings. The summed E-state index contributed by atoms with van der Waals surface area (Å²) in [5.41, 5.74) is 0.110. The maximum absolute atomic E-state index is 13.4. The number of esters is 1. The van der Waals surface area contributed by atoms with Gasteiger partial charge in [-0.15, -0.1) is 0 Å². The number of hydrogen-bond donors (Lipinski definition) is 2. The second-order valence-corrected chi connectivity index (χ2v) is 3.49. The molecule has 8 heteroatoms. The van der Waals surface area contributed by atoms with Crippen molar-refractivity contribution in [2.24, 2.45) is 0 Å². The first-order valence-corrected chi connectivity index (χ1v) is 4.86. The van der Waals surface area contributed by atoms with E-state index in [4.69, 9.17) is 5.11 Å². The Morgan fingerprint density at radius 3 is 2.59 bits per heavy atom. The lowest BCUT2D eigenvalue weighted by atomic mass is 10.1. The summed E-state index contributed by atoms with van der Waals surface area (Å²) in [6, 6.07) is 0. The van der Waals surface area contributed by atoms with Crippen LogP contribution in [0, 0.1) is 0 Å².